The molecule has 0 saturated carbocycles. The monoisotopic (exact) mass is 638 g/mol. The highest BCUT2D eigenvalue weighted by Gasteiger charge is 2.19. The average Bonchev–Trinajstić information content (AvgIpc) is 3.71. The quantitative estimate of drug-likeness (QED) is 0.188. The van der Waals surface area contributed by atoms with Crippen molar-refractivity contribution < 1.29 is 0 Å². The van der Waals surface area contributed by atoms with E-state index in [1.54, 1.807) is 0 Å². The summed E-state index contributed by atoms with van der Waals surface area (Å²) >= 11 is 0. The molecule has 0 radical (unpaired) electrons. The van der Waals surface area contributed by atoms with Crippen LogP contribution in [0.1, 0.15) is 0 Å². The zero-order valence-electron chi connectivity index (χ0n) is 27.1. The minimum Gasteiger partial charge on any atom is -0.309 e. The summed E-state index contributed by atoms with van der Waals surface area (Å²) in [6, 6.07) is 62.3. The van der Waals surface area contributed by atoms with Crippen LogP contribution in [-0.2, 0) is 0 Å². The Bertz CT molecular complexity index is 2790. The maximum absolute atomic E-state index is 5.17. The molecule has 0 aliphatic carbocycles. The molecule has 0 spiro atoms. The largest absolute Gasteiger partial charge is 0.309 e. The highest BCUT2D eigenvalue weighted by atomic mass is 15.0. The highest BCUT2D eigenvalue weighted by Crippen LogP contribution is 2.41. The molecule has 0 unspecified atom stereocenters. The van der Waals surface area contributed by atoms with Gasteiger partial charge in [0.25, 0.3) is 0 Å². The number of para-hydroxylation sites is 2. The van der Waals surface area contributed by atoms with Crippen molar-refractivity contribution >= 4 is 43.7 Å². The maximum Gasteiger partial charge on any atom is 0.0963 e. The lowest BCUT2D eigenvalue weighted by atomic mass is 9.98. The van der Waals surface area contributed by atoms with E-state index in [4.69, 9.17) is 9.97 Å². The van der Waals surface area contributed by atoms with E-state index >= 15 is 0 Å². The Labute approximate surface area is 289 Å². The maximum atomic E-state index is 5.17. The summed E-state index contributed by atoms with van der Waals surface area (Å²) in [5.41, 5.74) is 14.2. The van der Waals surface area contributed by atoms with Gasteiger partial charge >= 0.3 is 0 Å². The summed E-state index contributed by atoms with van der Waals surface area (Å²) in [5, 5.41) is 3.58. The third-order valence-electron chi connectivity index (χ3n) is 9.75. The van der Waals surface area contributed by atoms with E-state index in [9.17, 15) is 0 Å². The standard InChI is InChI=1S/C46H30N4/c1-4-14-31(15-5-1)39-29-35(30-40(48-39)32-16-6-2-7-17-32)50-41-22-11-10-20-37(41)45-36(21-12-23-42(45)50)33-25-26-38-44(28-33)49(34-18-8-3-9-19-34)43-24-13-27-47-46(38)43/h1-30H. The minimum atomic E-state index is 0.942. The predicted octanol–water partition coefficient (Wildman–Crippen LogP) is 11.7. The Morgan fingerprint density at radius 2 is 1.00 bits per heavy atom. The van der Waals surface area contributed by atoms with Crippen molar-refractivity contribution in [3.05, 3.63) is 182 Å². The molecule has 10 aromatic rings. The highest BCUT2D eigenvalue weighted by molar-refractivity contribution is 6.17. The molecule has 50 heavy (non-hydrogen) atoms. The third-order valence-corrected chi connectivity index (χ3v) is 9.75. The van der Waals surface area contributed by atoms with E-state index < -0.39 is 0 Å². The number of benzene rings is 6. The summed E-state index contributed by atoms with van der Waals surface area (Å²) in [5.74, 6) is 0. The lowest BCUT2D eigenvalue weighted by Crippen LogP contribution is -1.98. The van der Waals surface area contributed by atoms with Gasteiger partial charge in [-0.1, -0.05) is 115 Å². The molecule has 10 rings (SSSR count). The van der Waals surface area contributed by atoms with Crippen molar-refractivity contribution in [1.29, 1.82) is 0 Å². The molecule has 0 bridgehead atoms. The van der Waals surface area contributed by atoms with E-state index in [1.807, 2.05) is 24.4 Å². The first-order chi connectivity index (χ1) is 24.8. The molecule has 0 aliphatic heterocycles. The minimum absolute atomic E-state index is 0.942. The van der Waals surface area contributed by atoms with Crippen LogP contribution in [-0.4, -0.2) is 19.1 Å². The number of nitrogens with zero attached hydrogens (tertiary/aromatic N) is 4. The Morgan fingerprint density at radius 3 is 1.74 bits per heavy atom. The fourth-order valence-corrected chi connectivity index (χ4v) is 7.55. The van der Waals surface area contributed by atoms with E-state index in [1.165, 1.54) is 16.3 Å². The smallest absolute Gasteiger partial charge is 0.0963 e. The predicted molar refractivity (Wildman–Crippen MR) is 207 cm³/mol. The summed E-state index contributed by atoms with van der Waals surface area (Å²) in [7, 11) is 0. The van der Waals surface area contributed by atoms with Crippen LogP contribution in [0.2, 0.25) is 0 Å². The van der Waals surface area contributed by atoms with Crippen LogP contribution < -0.4 is 0 Å². The number of fused-ring (bicyclic) bond motifs is 6. The van der Waals surface area contributed by atoms with E-state index in [0.29, 0.717) is 0 Å². The molecule has 0 aliphatic rings. The second-order valence-electron chi connectivity index (χ2n) is 12.7. The van der Waals surface area contributed by atoms with Gasteiger partial charge < -0.3 is 9.13 Å². The summed E-state index contributed by atoms with van der Waals surface area (Å²) in [6.45, 7) is 0. The van der Waals surface area contributed by atoms with Crippen molar-refractivity contribution in [3.63, 3.8) is 0 Å². The zero-order valence-corrected chi connectivity index (χ0v) is 27.1. The van der Waals surface area contributed by atoms with Crippen LogP contribution >= 0.6 is 0 Å². The normalized spacial score (nSPS) is 11.6. The molecular weight excluding hydrogens is 609 g/mol. The Balaban J connectivity index is 1.24. The van der Waals surface area contributed by atoms with Gasteiger partial charge in [0.15, 0.2) is 0 Å². The van der Waals surface area contributed by atoms with Crippen LogP contribution in [0.4, 0.5) is 0 Å². The first-order valence-electron chi connectivity index (χ1n) is 16.9. The lowest BCUT2D eigenvalue weighted by Gasteiger charge is -2.13. The summed E-state index contributed by atoms with van der Waals surface area (Å²) < 4.78 is 4.73. The Kier molecular flexibility index (Phi) is 6.46. The molecule has 0 saturated heterocycles. The number of aromatic nitrogens is 4. The van der Waals surface area contributed by atoms with Gasteiger partial charge in [-0.05, 0) is 71.8 Å². The average molecular weight is 639 g/mol. The van der Waals surface area contributed by atoms with Crippen LogP contribution in [0.5, 0.6) is 0 Å². The zero-order chi connectivity index (χ0) is 33.0. The van der Waals surface area contributed by atoms with Crippen molar-refractivity contribution in [2.75, 3.05) is 0 Å². The van der Waals surface area contributed by atoms with E-state index in [2.05, 4.69) is 167 Å². The van der Waals surface area contributed by atoms with Crippen molar-refractivity contribution in [1.82, 2.24) is 19.1 Å². The Hall–Kier alpha value is -6.78. The summed E-state index contributed by atoms with van der Waals surface area (Å²) in [4.78, 5) is 9.98. The van der Waals surface area contributed by atoms with Gasteiger partial charge in [0, 0.05) is 39.2 Å². The SMILES string of the molecule is c1ccc(-c2cc(-n3c4ccccc4c4c(-c5ccc6c7ncccc7n(-c7ccccc7)c6c5)cccc43)cc(-c3ccccc3)n2)cc1. The van der Waals surface area contributed by atoms with Crippen molar-refractivity contribution in [3.8, 4) is 45.0 Å². The van der Waals surface area contributed by atoms with Crippen molar-refractivity contribution in [2.45, 2.75) is 0 Å². The fourth-order valence-electron chi connectivity index (χ4n) is 7.55. The van der Waals surface area contributed by atoms with Gasteiger partial charge in [-0.3, -0.25) is 4.98 Å². The van der Waals surface area contributed by atoms with E-state index in [-0.39, 0.29) is 0 Å². The van der Waals surface area contributed by atoms with Gasteiger partial charge in [0.1, 0.15) is 0 Å². The summed E-state index contributed by atoms with van der Waals surface area (Å²) in [6.07, 6.45) is 1.88. The Morgan fingerprint density at radius 1 is 0.380 bits per heavy atom. The molecule has 4 heteroatoms. The number of hydrogen-bond acceptors (Lipinski definition) is 2. The van der Waals surface area contributed by atoms with E-state index in [0.717, 1.165) is 72.4 Å². The number of rotatable bonds is 5. The van der Waals surface area contributed by atoms with Crippen LogP contribution in [0, 0.1) is 0 Å². The van der Waals surface area contributed by atoms with Crippen LogP contribution in [0.15, 0.2) is 182 Å². The third kappa shape index (κ3) is 4.46. The molecule has 0 N–H and O–H groups in total. The van der Waals surface area contributed by atoms with Crippen LogP contribution in [0.25, 0.3) is 88.8 Å². The molecule has 4 aromatic heterocycles. The number of hydrogen-bond donors (Lipinski definition) is 0. The molecule has 234 valence electrons. The molecule has 0 amide bonds. The topological polar surface area (TPSA) is 35.6 Å². The van der Waals surface area contributed by atoms with Crippen LogP contribution in [0.3, 0.4) is 0 Å². The molecule has 0 fully saturated rings. The second-order valence-corrected chi connectivity index (χ2v) is 12.7. The number of pyridine rings is 2. The van der Waals surface area contributed by atoms with Gasteiger partial charge in [0.2, 0.25) is 0 Å². The van der Waals surface area contributed by atoms with Gasteiger partial charge in [-0.25, -0.2) is 4.98 Å². The second kappa shape index (κ2) is 11.4. The first-order valence-corrected chi connectivity index (χ1v) is 16.9. The van der Waals surface area contributed by atoms with Gasteiger partial charge in [-0.15, -0.1) is 0 Å². The molecule has 4 nitrogen and oxygen atoms in total. The molecule has 0 atom stereocenters. The first kappa shape index (κ1) is 28.3. The fraction of sp³-hybridized carbons (Fsp3) is 0. The molecular formula is C46H30N4. The molecule has 6 aromatic carbocycles. The molecule has 4 heterocycles. The van der Waals surface area contributed by atoms with Gasteiger partial charge in [0.05, 0.1) is 44.7 Å². The van der Waals surface area contributed by atoms with Crippen molar-refractivity contribution in [2.24, 2.45) is 0 Å². The van der Waals surface area contributed by atoms with Gasteiger partial charge in [-0.2, -0.15) is 0 Å². The lowest BCUT2D eigenvalue weighted by molar-refractivity contribution is 1.16.